The van der Waals surface area contributed by atoms with E-state index in [1.54, 1.807) is 0 Å². The maximum atomic E-state index is 13.1. The lowest BCUT2D eigenvalue weighted by Crippen LogP contribution is -2.46. The van der Waals surface area contributed by atoms with Gasteiger partial charge in [0.2, 0.25) is 5.91 Å². The fourth-order valence-corrected chi connectivity index (χ4v) is 12.5. The number of quaternary nitrogens is 1. The van der Waals surface area contributed by atoms with Gasteiger partial charge in [-0.2, -0.15) is 0 Å². The summed E-state index contributed by atoms with van der Waals surface area (Å²) in [5, 5.41) is 14.2. The quantitative estimate of drug-likeness (QED) is 0.0243. The standard InChI is InChI=1S/C86H155N2O6P/c1-6-8-10-12-14-16-18-20-22-24-26-28-30-32-34-36-38-40-41-42-43-44-45-46-47-48-50-52-54-56-58-60-62-64-66-68-70-72-74-76-78-80-86(90)87-84(83-94-95(91,92)93-82-81-88(3,4)5)85(89)79-77-75-73-71-69-67-65-63-61-59-57-55-53-51-49-39-37-35-33-31-29-27-25-23-21-19-17-15-13-11-9-7-2/h8,10,14,16,20,22,26,28,32,34,38,40,42-43,45-46,48,50,54,56,84-85,89H,6-7,9,11-13,15,17-19,21,23-25,27,29-31,33,35-37,39,41,44,47,49,51-53,55,57-83H2,1-5H3,(H-,87,90,91,92)/p+1/b10-8-,16-14-,22-20-,28-26-,34-32-,40-38-,43-42-,46-45-,50-48-,56-54-. The van der Waals surface area contributed by atoms with Crippen LogP contribution in [0.15, 0.2) is 122 Å². The van der Waals surface area contributed by atoms with Crippen LogP contribution in [0.2, 0.25) is 0 Å². The molecule has 0 saturated heterocycles. The molecule has 0 aromatic heterocycles. The molecule has 0 aliphatic rings. The van der Waals surface area contributed by atoms with Crippen LogP contribution in [0.5, 0.6) is 0 Å². The number of aliphatic hydroxyl groups excluding tert-OH is 1. The molecule has 0 heterocycles. The first kappa shape index (κ1) is 91.9. The summed E-state index contributed by atoms with van der Waals surface area (Å²) in [7, 11) is 1.61. The molecule has 3 unspecified atom stereocenters. The predicted octanol–water partition coefficient (Wildman–Crippen LogP) is 26.7. The Labute approximate surface area is 590 Å². The van der Waals surface area contributed by atoms with Crippen molar-refractivity contribution >= 4 is 13.7 Å². The van der Waals surface area contributed by atoms with Crippen molar-refractivity contribution in [2.24, 2.45) is 0 Å². The van der Waals surface area contributed by atoms with E-state index < -0.39 is 20.0 Å². The molecule has 3 atom stereocenters. The number of phosphoric acid groups is 1. The van der Waals surface area contributed by atoms with E-state index in [1.807, 2.05) is 21.1 Å². The number of hydrogen-bond acceptors (Lipinski definition) is 5. The Hall–Kier alpha value is -3.10. The van der Waals surface area contributed by atoms with Crippen LogP contribution in [-0.2, 0) is 18.4 Å². The van der Waals surface area contributed by atoms with Gasteiger partial charge in [-0.25, -0.2) is 4.57 Å². The second kappa shape index (κ2) is 75.1. The van der Waals surface area contributed by atoms with Crippen LogP contribution in [0.4, 0.5) is 0 Å². The van der Waals surface area contributed by atoms with E-state index in [0.29, 0.717) is 23.9 Å². The van der Waals surface area contributed by atoms with Gasteiger partial charge in [0.05, 0.1) is 39.9 Å². The lowest BCUT2D eigenvalue weighted by atomic mass is 10.0. The molecule has 3 N–H and O–H groups in total. The highest BCUT2D eigenvalue weighted by atomic mass is 31.2. The minimum atomic E-state index is -4.34. The first-order valence-electron chi connectivity index (χ1n) is 40.4. The summed E-state index contributed by atoms with van der Waals surface area (Å²) in [5.74, 6) is -0.148. The first-order valence-corrected chi connectivity index (χ1v) is 41.9. The van der Waals surface area contributed by atoms with Crippen LogP contribution < -0.4 is 5.32 Å². The smallest absolute Gasteiger partial charge is 0.391 e. The number of amides is 1. The highest BCUT2D eigenvalue weighted by molar-refractivity contribution is 7.47. The number of allylic oxidation sites excluding steroid dienone is 20. The van der Waals surface area contributed by atoms with Crippen LogP contribution in [0.3, 0.4) is 0 Å². The Bertz CT molecular complexity index is 1970. The molecule has 8 nitrogen and oxygen atoms in total. The molecule has 550 valence electrons. The van der Waals surface area contributed by atoms with Gasteiger partial charge in [0.15, 0.2) is 0 Å². The molecule has 1 amide bonds. The maximum Gasteiger partial charge on any atom is 0.472 e. The summed E-state index contributed by atoms with van der Waals surface area (Å²) in [6.07, 6.45) is 112. The molecule has 0 aliphatic carbocycles. The number of nitrogens with zero attached hydrogens (tertiary/aromatic N) is 1. The molecular weight excluding hydrogens is 1190 g/mol. The van der Waals surface area contributed by atoms with E-state index in [2.05, 4.69) is 141 Å². The third-order valence-electron chi connectivity index (χ3n) is 18.0. The van der Waals surface area contributed by atoms with Gasteiger partial charge in [0.1, 0.15) is 13.2 Å². The maximum absolute atomic E-state index is 13.1. The summed E-state index contributed by atoms with van der Waals surface area (Å²) in [5.41, 5.74) is 0. The van der Waals surface area contributed by atoms with Crippen molar-refractivity contribution in [2.75, 3.05) is 40.9 Å². The van der Waals surface area contributed by atoms with Gasteiger partial charge >= 0.3 is 7.82 Å². The fraction of sp³-hybridized carbons (Fsp3) is 0.756. The van der Waals surface area contributed by atoms with E-state index in [-0.39, 0.29) is 19.1 Å². The zero-order chi connectivity index (χ0) is 69.0. The first-order chi connectivity index (χ1) is 46.5. The van der Waals surface area contributed by atoms with Gasteiger partial charge in [-0.3, -0.25) is 13.8 Å². The molecule has 9 heteroatoms. The van der Waals surface area contributed by atoms with Crippen LogP contribution in [0.1, 0.15) is 367 Å². The Morgan fingerprint density at radius 3 is 0.926 bits per heavy atom. The van der Waals surface area contributed by atoms with Crippen LogP contribution in [0, 0.1) is 0 Å². The average Bonchev–Trinajstić information content (AvgIpc) is 2.01. The zero-order valence-corrected chi connectivity index (χ0v) is 64.0. The zero-order valence-electron chi connectivity index (χ0n) is 63.1. The topological polar surface area (TPSA) is 105 Å². The Balaban J connectivity index is 4.02. The molecule has 0 radical (unpaired) electrons. The number of likely N-dealkylation sites (N-methyl/N-ethyl adjacent to an activating group) is 1. The lowest BCUT2D eigenvalue weighted by Gasteiger charge is -2.26. The van der Waals surface area contributed by atoms with Crippen molar-refractivity contribution in [3.63, 3.8) is 0 Å². The number of hydrogen-bond donors (Lipinski definition) is 3. The summed E-state index contributed by atoms with van der Waals surface area (Å²) in [4.78, 5) is 23.5. The van der Waals surface area contributed by atoms with Crippen LogP contribution >= 0.6 is 7.82 Å². The molecule has 0 spiro atoms. The number of carbonyl (C=O) groups excluding carboxylic acids is 1. The fourth-order valence-electron chi connectivity index (χ4n) is 11.8. The van der Waals surface area contributed by atoms with E-state index in [0.717, 1.165) is 109 Å². The van der Waals surface area contributed by atoms with Crippen molar-refractivity contribution in [3.05, 3.63) is 122 Å². The third kappa shape index (κ3) is 78.1. The van der Waals surface area contributed by atoms with E-state index in [9.17, 15) is 19.4 Å². The SMILES string of the molecule is CC/C=C\C/C=C\C/C=C\C/C=C\C/C=C\C/C=C\C/C=C\C/C=C\C/C=C\C/C=C\CCCCCCCCCCCCC(=O)NC(COP(=O)(O)OCC[N+](C)(C)C)C(O)CCCCCCCCCCCCCCCCCCCCCCCCCCCCCCCCCC. The van der Waals surface area contributed by atoms with Crippen molar-refractivity contribution < 1.29 is 32.9 Å². The molecule has 95 heavy (non-hydrogen) atoms. The monoisotopic (exact) mass is 1340 g/mol. The summed E-state index contributed by atoms with van der Waals surface area (Å²) >= 11 is 0. The highest BCUT2D eigenvalue weighted by Gasteiger charge is 2.28. The molecule has 0 aromatic carbocycles. The number of unbranched alkanes of at least 4 members (excludes halogenated alkanes) is 41. The Morgan fingerprint density at radius 2 is 0.632 bits per heavy atom. The van der Waals surface area contributed by atoms with Crippen molar-refractivity contribution in [1.29, 1.82) is 0 Å². The largest absolute Gasteiger partial charge is 0.472 e. The van der Waals surface area contributed by atoms with Crippen molar-refractivity contribution in [2.45, 2.75) is 379 Å². The van der Waals surface area contributed by atoms with Crippen molar-refractivity contribution in [1.82, 2.24) is 5.32 Å². The second-order valence-corrected chi connectivity index (χ2v) is 29.9. The molecule has 0 saturated carbocycles. The lowest BCUT2D eigenvalue weighted by molar-refractivity contribution is -0.870. The van der Waals surface area contributed by atoms with Gasteiger partial charge in [0, 0.05) is 6.42 Å². The molecule has 0 aliphatic heterocycles. The third-order valence-corrected chi connectivity index (χ3v) is 19.0. The van der Waals surface area contributed by atoms with Crippen LogP contribution in [-0.4, -0.2) is 73.4 Å². The second-order valence-electron chi connectivity index (χ2n) is 28.4. The van der Waals surface area contributed by atoms with E-state index in [4.69, 9.17) is 9.05 Å². The molecule has 0 rings (SSSR count). The number of aliphatic hydroxyl groups is 1. The minimum Gasteiger partial charge on any atom is -0.391 e. The van der Waals surface area contributed by atoms with E-state index in [1.165, 1.54) is 231 Å². The number of rotatable bonds is 74. The summed E-state index contributed by atoms with van der Waals surface area (Å²) in [6.45, 7) is 4.81. The number of phosphoric ester groups is 1. The predicted molar refractivity (Wildman–Crippen MR) is 419 cm³/mol. The molecular formula is C86H156N2O6P+. The van der Waals surface area contributed by atoms with Gasteiger partial charge in [0.25, 0.3) is 0 Å². The summed E-state index contributed by atoms with van der Waals surface area (Å²) in [6, 6.07) is -0.773. The van der Waals surface area contributed by atoms with Crippen molar-refractivity contribution in [3.8, 4) is 0 Å². The molecule has 0 fully saturated rings. The summed E-state index contributed by atoms with van der Waals surface area (Å²) < 4.78 is 24.0. The molecule has 0 bridgehead atoms. The minimum absolute atomic E-state index is 0.0697. The Kier molecular flexibility index (Phi) is 72.7. The number of nitrogens with one attached hydrogen (secondary N) is 1. The Morgan fingerprint density at radius 1 is 0.368 bits per heavy atom. The van der Waals surface area contributed by atoms with Gasteiger partial charge < -0.3 is 19.8 Å². The number of carbonyl (C=O) groups is 1. The highest BCUT2D eigenvalue weighted by Crippen LogP contribution is 2.43. The normalized spacial score (nSPS) is 14.1. The molecule has 0 aromatic rings. The average molecular weight is 1350 g/mol. The van der Waals surface area contributed by atoms with Gasteiger partial charge in [-0.15, -0.1) is 0 Å². The van der Waals surface area contributed by atoms with Gasteiger partial charge in [-0.1, -0.05) is 392 Å². The van der Waals surface area contributed by atoms with Crippen LogP contribution in [0.25, 0.3) is 0 Å². The van der Waals surface area contributed by atoms with Gasteiger partial charge in [-0.05, 0) is 89.9 Å². The van der Waals surface area contributed by atoms with E-state index >= 15 is 0 Å².